The third-order valence-corrected chi connectivity index (χ3v) is 3.12. The van der Waals surface area contributed by atoms with E-state index >= 15 is 0 Å². The van der Waals surface area contributed by atoms with Gasteiger partial charge in [-0.1, -0.05) is 18.1 Å². The van der Waals surface area contributed by atoms with E-state index in [0.29, 0.717) is 6.61 Å². The van der Waals surface area contributed by atoms with Gasteiger partial charge in [0, 0.05) is 6.04 Å². The second-order valence-corrected chi connectivity index (χ2v) is 4.32. The number of aromatic nitrogens is 3. The lowest BCUT2D eigenvalue weighted by atomic mass is 9.91. The van der Waals surface area contributed by atoms with Gasteiger partial charge in [-0.25, -0.2) is 9.48 Å². The van der Waals surface area contributed by atoms with Gasteiger partial charge in [-0.05, 0) is 19.8 Å². The first-order chi connectivity index (χ1) is 8.22. The molecule has 6 nitrogen and oxygen atoms in total. The zero-order valence-corrected chi connectivity index (χ0v) is 10.0. The monoisotopic (exact) mass is 238 g/mol. The molecule has 1 aliphatic carbocycles. The highest BCUT2D eigenvalue weighted by Crippen LogP contribution is 2.26. The van der Waals surface area contributed by atoms with Crippen molar-refractivity contribution in [3.8, 4) is 0 Å². The molecule has 0 spiro atoms. The Bertz CT molecular complexity index is 391. The molecular weight excluding hydrogens is 220 g/mol. The summed E-state index contributed by atoms with van der Waals surface area (Å²) in [6.45, 7) is 2.11. The SMILES string of the molecule is CCOC(=O)c1cn(C2CCCCC2N)nn1. The van der Waals surface area contributed by atoms with E-state index in [1.165, 1.54) is 0 Å². The third kappa shape index (κ3) is 2.63. The predicted molar refractivity (Wildman–Crippen MR) is 61.5 cm³/mol. The van der Waals surface area contributed by atoms with Crippen molar-refractivity contribution >= 4 is 5.97 Å². The van der Waals surface area contributed by atoms with Crippen molar-refractivity contribution in [3.63, 3.8) is 0 Å². The Hall–Kier alpha value is -1.43. The first-order valence-electron chi connectivity index (χ1n) is 6.07. The standard InChI is InChI=1S/C11H18N4O2/c1-2-17-11(16)9-7-15(14-13-9)10-6-4-3-5-8(10)12/h7-8,10H,2-6,12H2,1H3. The topological polar surface area (TPSA) is 83.0 Å². The molecule has 0 aliphatic heterocycles. The first-order valence-corrected chi connectivity index (χ1v) is 6.07. The van der Waals surface area contributed by atoms with Crippen LogP contribution in [0.4, 0.5) is 0 Å². The molecule has 17 heavy (non-hydrogen) atoms. The second kappa shape index (κ2) is 5.27. The van der Waals surface area contributed by atoms with Crippen molar-refractivity contribution in [1.29, 1.82) is 0 Å². The molecule has 2 atom stereocenters. The Morgan fingerprint density at radius 2 is 2.35 bits per heavy atom. The van der Waals surface area contributed by atoms with Crippen LogP contribution >= 0.6 is 0 Å². The molecule has 0 amide bonds. The summed E-state index contributed by atoms with van der Waals surface area (Å²) in [6, 6.07) is 0.250. The summed E-state index contributed by atoms with van der Waals surface area (Å²) in [6.07, 6.45) is 5.93. The molecular formula is C11H18N4O2. The maximum absolute atomic E-state index is 11.5. The largest absolute Gasteiger partial charge is 0.461 e. The number of hydrogen-bond acceptors (Lipinski definition) is 5. The van der Waals surface area contributed by atoms with Crippen molar-refractivity contribution < 1.29 is 9.53 Å². The Balaban J connectivity index is 2.09. The molecule has 0 radical (unpaired) electrons. The van der Waals surface area contributed by atoms with E-state index in [9.17, 15) is 4.79 Å². The number of carbonyl (C=O) groups is 1. The van der Waals surface area contributed by atoms with Crippen molar-refractivity contribution in [2.75, 3.05) is 6.61 Å². The summed E-state index contributed by atoms with van der Waals surface area (Å²) >= 11 is 0. The number of ether oxygens (including phenoxy) is 1. The molecule has 1 heterocycles. The van der Waals surface area contributed by atoms with Crippen LogP contribution in [0, 0.1) is 0 Å². The number of hydrogen-bond donors (Lipinski definition) is 1. The minimum atomic E-state index is -0.428. The molecule has 1 aromatic heterocycles. The van der Waals surface area contributed by atoms with Gasteiger partial charge in [0.2, 0.25) is 0 Å². The van der Waals surface area contributed by atoms with Crippen LogP contribution in [0.25, 0.3) is 0 Å². The highest BCUT2D eigenvalue weighted by atomic mass is 16.5. The van der Waals surface area contributed by atoms with Crippen LogP contribution in [0.15, 0.2) is 6.20 Å². The number of carbonyl (C=O) groups excluding carboxylic acids is 1. The number of rotatable bonds is 3. The average Bonchev–Trinajstić information content (AvgIpc) is 2.79. The Kier molecular flexibility index (Phi) is 3.73. The van der Waals surface area contributed by atoms with E-state index in [0.717, 1.165) is 25.7 Å². The quantitative estimate of drug-likeness (QED) is 0.791. The lowest BCUT2D eigenvalue weighted by molar-refractivity contribution is 0.0519. The molecule has 6 heteroatoms. The van der Waals surface area contributed by atoms with Crippen molar-refractivity contribution in [1.82, 2.24) is 15.0 Å². The maximum Gasteiger partial charge on any atom is 0.360 e. The van der Waals surface area contributed by atoms with Gasteiger partial charge < -0.3 is 10.5 Å². The van der Waals surface area contributed by atoms with Crippen LogP contribution in [0.1, 0.15) is 49.1 Å². The summed E-state index contributed by atoms with van der Waals surface area (Å²) in [5.41, 5.74) is 6.30. The molecule has 1 fully saturated rings. The van der Waals surface area contributed by atoms with Gasteiger partial charge in [-0.15, -0.1) is 5.10 Å². The van der Waals surface area contributed by atoms with Gasteiger partial charge in [-0.2, -0.15) is 0 Å². The minimum Gasteiger partial charge on any atom is -0.461 e. The second-order valence-electron chi connectivity index (χ2n) is 4.32. The Morgan fingerprint density at radius 1 is 1.59 bits per heavy atom. The fraction of sp³-hybridized carbons (Fsp3) is 0.727. The van der Waals surface area contributed by atoms with Crippen LogP contribution in [0.3, 0.4) is 0 Å². The van der Waals surface area contributed by atoms with E-state index in [4.69, 9.17) is 10.5 Å². The minimum absolute atomic E-state index is 0.0977. The van der Waals surface area contributed by atoms with Crippen molar-refractivity contribution in [3.05, 3.63) is 11.9 Å². The lowest BCUT2D eigenvalue weighted by Crippen LogP contribution is -2.35. The van der Waals surface area contributed by atoms with Crippen molar-refractivity contribution in [2.24, 2.45) is 5.73 Å². The molecule has 94 valence electrons. The fourth-order valence-electron chi connectivity index (χ4n) is 2.21. The molecule has 2 rings (SSSR count). The summed E-state index contributed by atoms with van der Waals surface area (Å²) in [5, 5.41) is 7.81. The summed E-state index contributed by atoms with van der Waals surface area (Å²) in [7, 11) is 0. The van der Waals surface area contributed by atoms with Crippen LogP contribution in [0.5, 0.6) is 0 Å². The van der Waals surface area contributed by atoms with E-state index in [1.54, 1.807) is 17.8 Å². The molecule has 2 unspecified atom stereocenters. The molecule has 1 aliphatic rings. The van der Waals surface area contributed by atoms with Gasteiger partial charge in [0.05, 0.1) is 18.8 Å². The number of nitrogens with two attached hydrogens (primary N) is 1. The Morgan fingerprint density at radius 3 is 3.06 bits per heavy atom. The molecule has 0 saturated heterocycles. The zero-order chi connectivity index (χ0) is 12.3. The highest BCUT2D eigenvalue weighted by molar-refractivity contribution is 5.86. The normalized spacial score (nSPS) is 24.6. The number of nitrogens with zero attached hydrogens (tertiary/aromatic N) is 3. The molecule has 1 saturated carbocycles. The lowest BCUT2D eigenvalue weighted by Gasteiger charge is -2.28. The molecule has 2 N–H and O–H groups in total. The van der Waals surface area contributed by atoms with E-state index < -0.39 is 5.97 Å². The van der Waals surface area contributed by atoms with E-state index in [-0.39, 0.29) is 17.8 Å². The first kappa shape index (κ1) is 12.0. The smallest absolute Gasteiger partial charge is 0.360 e. The van der Waals surface area contributed by atoms with Gasteiger partial charge in [0.15, 0.2) is 5.69 Å². The van der Waals surface area contributed by atoms with Crippen molar-refractivity contribution in [2.45, 2.75) is 44.7 Å². The van der Waals surface area contributed by atoms with Crippen LogP contribution in [-0.4, -0.2) is 33.6 Å². The fourth-order valence-corrected chi connectivity index (χ4v) is 2.21. The summed E-state index contributed by atoms with van der Waals surface area (Å²) < 4.78 is 6.57. The third-order valence-electron chi connectivity index (χ3n) is 3.12. The van der Waals surface area contributed by atoms with Crippen LogP contribution in [0.2, 0.25) is 0 Å². The Labute approximate surface area is 100 Å². The van der Waals surface area contributed by atoms with Gasteiger partial charge in [0.25, 0.3) is 0 Å². The number of esters is 1. The highest BCUT2D eigenvalue weighted by Gasteiger charge is 2.25. The van der Waals surface area contributed by atoms with Gasteiger partial charge in [-0.3, -0.25) is 0 Å². The molecule has 1 aromatic rings. The van der Waals surface area contributed by atoms with E-state index in [2.05, 4.69) is 10.3 Å². The molecule has 0 bridgehead atoms. The van der Waals surface area contributed by atoms with E-state index in [1.807, 2.05) is 0 Å². The molecule has 0 aromatic carbocycles. The summed E-state index contributed by atoms with van der Waals surface area (Å²) in [5.74, 6) is -0.428. The van der Waals surface area contributed by atoms with Crippen LogP contribution in [-0.2, 0) is 4.74 Å². The predicted octanol–water partition coefficient (Wildman–Crippen LogP) is 0.897. The van der Waals surface area contributed by atoms with Crippen LogP contribution < -0.4 is 5.73 Å². The average molecular weight is 238 g/mol. The van der Waals surface area contributed by atoms with Gasteiger partial charge in [0.1, 0.15) is 0 Å². The van der Waals surface area contributed by atoms with Gasteiger partial charge >= 0.3 is 5.97 Å². The maximum atomic E-state index is 11.5. The zero-order valence-electron chi connectivity index (χ0n) is 10.0. The summed E-state index contributed by atoms with van der Waals surface area (Å²) in [4.78, 5) is 11.5.